The molecule has 1 saturated heterocycles. The van der Waals surface area contributed by atoms with Crippen LogP contribution in [0.2, 0.25) is 5.02 Å². The average Bonchev–Trinajstić information content (AvgIpc) is 3.27. The Morgan fingerprint density at radius 1 is 1.18 bits per heavy atom. The van der Waals surface area contributed by atoms with Crippen LogP contribution in [0.15, 0.2) is 53.2 Å². The Balaban J connectivity index is 2.27. The van der Waals surface area contributed by atoms with Crippen LogP contribution in [0.5, 0.6) is 0 Å². The number of nitrogens with one attached hydrogen (secondary N) is 1. The van der Waals surface area contributed by atoms with Crippen molar-refractivity contribution in [2.45, 2.75) is 51.1 Å². The third-order valence-corrected chi connectivity index (χ3v) is 7.22. The number of allylic oxidation sites excluding steroid dienone is 1. The second-order valence-electron chi connectivity index (χ2n) is 8.57. The van der Waals surface area contributed by atoms with E-state index in [0.29, 0.717) is 16.3 Å². The normalized spacial score (nSPS) is 29.6. The zero-order valence-electron chi connectivity index (χ0n) is 18.5. The standard InChI is InChI=1S/C25H27ClN2O5/c1-16-24(22(29)30,11-4-9-20-10-5-14-33-20)21(18-7-3-8-19(26)15-18)25(23(31)32,12-6-13-27)17(2)28-16/h3-5,7-10,14-17,21,28H,6,11-12H2,1-2H3,(H,29,30)(H,31,32). The minimum Gasteiger partial charge on any atom is -0.481 e. The molecule has 33 heavy (non-hydrogen) atoms. The lowest BCUT2D eigenvalue weighted by Crippen LogP contribution is -2.69. The lowest BCUT2D eigenvalue weighted by molar-refractivity contribution is -0.172. The number of hydrogen-bond acceptors (Lipinski definition) is 5. The molecule has 0 radical (unpaired) electrons. The highest BCUT2D eigenvalue weighted by Crippen LogP contribution is 2.59. The van der Waals surface area contributed by atoms with E-state index in [9.17, 15) is 25.1 Å². The molecule has 0 amide bonds. The van der Waals surface area contributed by atoms with E-state index >= 15 is 0 Å². The molecule has 0 saturated carbocycles. The van der Waals surface area contributed by atoms with Gasteiger partial charge < -0.3 is 19.9 Å². The summed E-state index contributed by atoms with van der Waals surface area (Å²) in [5, 5.41) is 34.1. The van der Waals surface area contributed by atoms with Crippen molar-refractivity contribution in [2.75, 3.05) is 0 Å². The van der Waals surface area contributed by atoms with Crippen molar-refractivity contribution >= 4 is 29.6 Å². The van der Waals surface area contributed by atoms with E-state index in [0.717, 1.165) is 0 Å². The van der Waals surface area contributed by atoms with Crippen molar-refractivity contribution in [2.24, 2.45) is 10.8 Å². The number of hydrogen-bond donors (Lipinski definition) is 3. The van der Waals surface area contributed by atoms with Crippen LogP contribution in [0.1, 0.15) is 50.4 Å². The van der Waals surface area contributed by atoms with Crippen molar-refractivity contribution < 1.29 is 24.2 Å². The highest BCUT2D eigenvalue weighted by atomic mass is 35.5. The molecule has 174 valence electrons. The lowest BCUT2D eigenvalue weighted by Gasteiger charge is -2.57. The first-order valence-electron chi connectivity index (χ1n) is 10.8. The number of nitriles is 1. The summed E-state index contributed by atoms with van der Waals surface area (Å²) in [5.74, 6) is -2.66. The van der Waals surface area contributed by atoms with Gasteiger partial charge in [0.1, 0.15) is 5.76 Å². The average molecular weight is 471 g/mol. The SMILES string of the molecule is CC1NC(C)C(CCC#N)(C(=O)O)C(c2cccc(Cl)c2)C1(CC=Cc1ccco1)C(=O)O. The second kappa shape index (κ2) is 9.82. The molecular formula is C25H27ClN2O5. The molecule has 8 heteroatoms. The molecule has 3 rings (SSSR count). The third kappa shape index (κ3) is 4.29. The van der Waals surface area contributed by atoms with Crippen LogP contribution in [0.25, 0.3) is 6.08 Å². The zero-order chi connectivity index (χ0) is 24.2. The molecular weight excluding hydrogens is 444 g/mol. The van der Waals surface area contributed by atoms with E-state index in [4.69, 9.17) is 16.0 Å². The number of aliphatic carboxylic acids is 2. The summed E-state index contributed by atoms with van der Waals surface area (Å²) in [4.78, 5) is 26.0. The summed E-state index contributed by atoms with van der Waals surface area (Å²) >= 11 is 6.27. The Morgan fingerprint density at radius 2 is 1.88 bits per heavy atom. The summed E-state index contributed by atoms with van der Waals surface area (Å²) in [6.07, 6.45) is 4.92. The molecule has 1 fully saturated rings. The summed E-state index contributed by atoms with van der Waals surface area (Å²) < 4.78 is 5.32. The number of carboxylic acid groups (broad SMARTS) is 2. The molecule has 1 aromatic heterocycles. The summed E-state index contributed by atoms with van der Waals surface area (Å²) in [6.45, 7) is 3.50. The van der Waals surface area contributed by atoms with Crippen molar-refractivity contribution in [1.82, 2.24) is 5.32 Å². The van der Waals surface area contributed by atoms with Crippen molar-refractivity contribution in [3.63, 3.8) is 0 Å². The van der Waals surface area contributed by atoms with E-state index in [1.165, 1.54) is 6.26 Å². The molecule has 0 spiro atoms. The van der Waals surface area contributed by atoms with Crippen LogP contribution in [0.4, 0.5) is 0 Å². The fourth-order valence-corrected chi connectivity index (χ4v) is 5.60. The van der Waals surface area contributed by atoms with Gasteiger partial charge >= 0.3 is 11.9 Å². The fraction of sp³-hybridized carbons (Fsp3) is 0.400. The smallest absolute Gasteiger partial charge is 0.312 e. The van der Waals surface area contributed by atoms with E-state index in [1.807, 2.05) is 6.07 Å². The number of carbonyl (C=O) groups is 2. The van der Waals surface area contributed by atoms with Crippen LogP contribution >= 0.6 is 11.6 Å². The van der Waals surface area contributed by atoms with Gasteiger partial charge in [-0.25, -0.2) is 0 Å². The fourth-order valence-electron chi connectivity index (χ4n) is 5.40. The van der Waals surface area contributed by atoms with Crippen LogP contribution in [-0.2, 0) is 9.59 Å². The van der Waals surface area contributed by atoms with Crippen molar-refractivity contribution in [3.8, 4) is 6.07 Å². The number of rotatable bonds is 8. The van der Waals surface area contributed by atoms with Crippen molar-refractivity contribution in [3.05, 3.63) is 65.1 Å². The quantitative estimate of drug-likeness (QED) is 0.498. The second-order valence-corrected chi connectivity index (χ2v) is 9.01. The molecule has 0 bridgehead atoms. The molecule has 1 aromatic carbocycles. The number of benzene rings is 1. The number of furan rings is 1. The first-order valence-corrected chi connectivity index (χ1v) is 11.1. The summed E-state index contributed by atoms with van der Waals surface area (Å²) in [6, 6.07) is 11.0. The molecule has 1 aliphatic heterocycles. The van der Waals surface area contributed by atoms with Gasteiger partial charge in [-0.3, -0.25) is 9.59 Å². The van der Waals surface area contributed by atoms with Gasteiger partial charge in [-0.2, -0.15) is 5.26 Å². The van der Waals surface area contributed by atoms with Crippen LogP contribution in [0, 0.1) is 22.2 Å². The Hall–Kier alpha value is -3.08. The molecule has 0 aliphatic carbocycles. The van der Waals surface area contributed by atoms with E-state index in [-0.39, 0.29) is 19.3 Å². The Labute approximate surface area is 197 Å². The van der Waals surface area contributed by atoms with Gasteiger partial charge in [0.2, 0.25) is 0 Å². The molecule has 2 heterocycles. The van der Waals surface area contributed by atoms with E-state index < -0.39 is 40.8 Å². The predicted octanol–water partition coefficient (Wildman–Crippen LogP) is 4.95. The lowest BCUT2D eigenvalue weighted by atomic mass is 9.49. The Bertz CT molecular complexity index is 1080. The maximum atomic E-state index is 13.1. The maximum absolute atomic E-state index is 13.1. The van der Waals surface area contributed by atoms with E-state index in [1.54, 1.807) is 62.4 Å². The monoisotopic (exact) mass is 470 g/mol. The minimum absolute atomic E-state index is 0.00612. The van der Waals surface area contributed by atoms with Crippen molar-refractivity contribution in [1.29, 1.82) is 5.26 Å². The van der Waals surface area contributed by atoms with Gasteiger partial charge in [-0.1, -0.05) is 29.8 Å². The highest BCUT2D eigenvalue weighted by molar-refractivity contribution is 6.30. The maximum Gasteiger partial charge on any atom is 0.312 e. The topological polar surface area (TPSA) is 124 Å². The molecule has 5 atom stereocenters. The first kappa shape index (κ1) is 24.6. The summed E-state index contributed by atoms with van der Waals surface area (Å²) in [7, 11) is 0. The molecule has 7 nitrogen and oxygen atoms in total. The van der Waals surface area contributed by atoms with Crippen LogP contribution in [-0.4, -0.2) is 34.2 Å². The van der Waals surface area contributed by atoms with E-state index in [2.05, 4.69) is 5.32 Å². The first-order chi connectivity index (χ1) is 15.7. The number of halogens is 1. The predicted molar refractivity (Wildman–Crippen MR) is 124 cm³/mol. The van der Waals surface area contributed by atoms with Gasteiger partial charge in [0, 0.05) is 29.4 Å². The number of piperidine rings is 1. The third-order valence-electron chi connectivity index (χ3n) is 6.99. The van der Waals surface area contributed by atoms with Gasteiger partial charge in [0.05, 0.1) is 23.2 Å². The summed E-state index contributed by atoms with van der Waals surface area (Å²) in [5.41, 5.74) is -2.56. The number of carboxylic acids is 2. The minimum atomic E-state index is -1.55. The zero-order valence-corrected chi connectivity index (χ0v) is 19.2. The van der Waals surface area contributed by atoms with Gasteiger partial charge in [-0.15, -0.1) is 0 Å². The van der Waals surface area contributed by atoms with Gasteiger partial charge in [0.15, 0.2) is 0 Å². The molecule has 1 aliphatic rings. The Morgan fingerprint density at radius 3 is 2.45 bits per heavy atom. The van der Waals surface area contributed by atoms with Crippen LogP contribution in [0.3, 0.4) is 0 Å². The Kier molecular flexibility index (Phi) is 7.31. The van der Waals surface area contributed by atoms with Gasteiger partial charge in [0.25, 0.3) is 0 Å². The molecule has 5 unspecified atom stereocenters. The van der Waals surface area contributed by atoms with Gasteiger partial charge in [-0.05, 0) is 62.6 Å². The van der Waals surface area contributed by atoms with Crippen LogP contribution < -0.4 is 5.32 Å². The molecule has 3 N–H and O–H groups in total. The molecule has 2 aromatic rings. The largest absolute Gasteiger partial charge is 0.481 e. The highest BCUT2D eigenvalue weighted by Gasteiger charge is 2.66. The number of nitrogens with zero attached hydrogens (tertiary/aromatic N) is 1.